The summed E-state index contributed by atoms with van der Waals surface area (Å²) in [5, 5.41) is 16.5. The Morgan fingerprint density at radius 2 is 2.04 bits per heavy atom. The Morgan fingerprint density at radius 1 is 1.21 bits per heavy atom. The van der Waals surface area contributed by atoms with Gasteiger partial charge in [0, 0.05) is 30.2 Å². The van der Waals surface area contributed by atoms with Gasteiger partial charge in [0.2, 0.25) is 5.95 Å². The van der Waals surface area contributed by atoms with Crippen LogP contribution >= 0.6 is 0 Å². The number of rotatable bonds is 7. The predicted molar refractivity (Wildman–Crippen MR) is 110 cm³/mol. The molecule has 0 unspecified atom stereocenters. The smallest absolute Gasteiger partial charge is 0.409 e. The van der Waals surface area contributed by atoms with Crippen LogP contribution in [0, 0.1) is 0 Å². The quantitative estimate of drug-likeness (QED) is 0.577. The van der Waals surface area contributed by atoms with Crippen molar-refractivity contribution in [2.24, 2.45) is 0 Å². The molecule has 0 radical (unpaired) electrons. The van der Waals surface area contributed by atoms with Crippen LogP contribution in [0.4, 0.5) is 16.4 Å². The van der Waals surface area contributed by atoms with E-state index >= 15 is 0 Å². The van der Waals surface area contributed by atoms with Crippen LogP contribution in [0.15, 0.2) is 42.6 Å². The van der Waals surface area contributed by atoms with Crippen molar-refractivity contribution in [1.82, 2.24) is 14.9 Å². The minimum Gasteiger partial charge on any atom is -0.497 e. The second kappa shape index (κ2) is 8.53. The minimum atomic E-state index is -1.13. The molecule has 3 rings (SSSR count). The van der Waals surface area contributed by atoms with E-state index in [4.69, 9.17) is 4.74 Å². The summed E-state index contributed by atoms with van der Waals surface area (Å²) in [5.41, 5.74) is 1.97. The van der Waals surface area contributed by atoms with Gasteiger partial charge in [-0.05, 0) is 49.8 Å². The van der Waals surface area contributed by atoms with Gasteiger partial charge in [0.1, 0.15) is 5.75 Å². The number of benzene rings is 2. The molecule has 0 aliphatic heterocycles. The van der Waals surface area contributed by atoms with Gasteiger partial charge in [-0.3, -0.25) is 5.32 Å². The lowest BCUT2D eigenvalue weighted by atomic mass is 10.0. The van der Waals surface area contributed by atoms with Gasteiger partial charge < -0.3 is 20.1 Å². The van der Waals surface area contributed by atoms with Crippen LogP contribution < -0.4 is 15.4 Å². The number of nitrogens with zero attached hydrogens (tertiary/aromatic N) is 3. The van der Waals surface area contributed by atoms with Gasteiger partial charge in [-0.25, -0.2) is 14.8 Å². The number of hydrogen-bond donors (Lipinski definition) is 3. The number of carbonyl (C=O) groups is 1. The number of likely N-dealkylation sites (N-methyl/N-ethyl adjacent to an activating group) is 1. The van der Waals surface area contributed by atoms with Gasteiger partial charge in [0.25, 0.3) is 0 Å². The molecule has 8 nitrogen and oxygen atoms in total. The average Bonchev–Trinajstić information content (AvgIpc) is 2.67. The second-order valence-electron chi connectivity index (χ2n) is 6.54. The van der Waals surface area contributed by atoms with Gasteiger partial charge >= 0.3 is 6.09 Å². The van der Waals surface area contributed by atoms with E-state index in [0.717, 1.165) is 29.4 Å². The first-order chi connectivity index (χ1) is 13.5. The first-order valence-electron chi connectivity index (χ1n) is 8.80. The number of carboxylic acid groups (broad SMARTS) is 1. The molecule has 0 bridgehead atoms. The van der Waals surface area contributed by atoms with Crippen LogP contribution in [-0.2, 0) is 0 Å². The number of amides is 1. The fourth-order valence-electron chi connectivity index (χ4n) is 2.83. The van der Waals surface area contributed by atoms with E-state index in [9.17, 15) is 9.90 Å². The lowest BCUT2D eigenvalue weighted by Crippen LogP contribution is -2.21. The summed E-state index contributed by atoms with van der Waals surface area (Å²) < 4.78 is 5.26. The molecule has 1 aromatic heterocycles. The maximum Gasteiger partial charge on any atom is 0.409 e. The van der Waals surface area contributed by atoms with Crippen LogP contribution in [0.5, 0.6) is 5.75 Å². The first-order valence-corrected chi connectivity index (χ1v) is 8.80. The summed E-state index contributed by atoms with van der Waals surface area (Å²) in [4.78, 5) is 22.1. The summed E-state index contributed by atoms with van der Waals surface area (Å²) in [6.07, 6.45) is 0.554. The van der Waals surface area contributed by atoms with Crippen molar-refractivity contribution in [3.8, 4) is 17.0 Å². The van der Waals surface area contributed by atoms with Crippen molar-refractivity contribution >= 4 is 28.5 Å². The lowest BCUT2D eigenvalue weighted by molar-refractivity contribution is 0.210. The molecule has 2 aromatic carbocycles. The maximum atomic E-state index is 11.3. The maximum absolute atomic E-state index is 11.3. The monoisotopic (exact) mass is 381 g/mol. The van der Waals surface area contributed by atoms with E-state index in [1.807, 2.05) is 32.3 Å². The number of ether oxygens (including phenoxy) is 1. The molecule has 3 N–H and O–H groups in total. The third-order valence-corrected chi connectivity index (χ3v) is 4.20. The van der Waals surface area contributed by atoms with Gasteiger partial charge in [-0.1, -0.05) is 6.07 Å². The van der Waals surface area contributed by atoms with Gasteiger partial charge in [-0.15, -0.1) is 0 Å². The highest BCUT2D eigenvalue weighted by atomic mass is 16.5. The fourth-order valence-corrected chi connectivity index (χ4v) is 2.83. The second-order valence-corrected chi connectivity index (χ2v) is 6.54. The molecule has 1 heterocycles. The van der Waals surface area contributed by atoms with Crippen molar-refractivity contribution in [2.75, 3.05) is 44.9 Å². The van der Waals surface area contributed by atoms with E-state index in [2.05, 4.69) is 25.5 Å². The zero-order valence-corrected chi connectivity index (χ0v) is 16.1. The Morgan fingerprint density at radius 3 is 2.75 bits per heavy atom. The molecule has 0 spiro atoms. The molecular formula is C20H23N5O3. The predicted octanol–water partition coefficient (Wildman–Crippen LogP) is 3.37. The number of aromatic nitrogens is 2. The van der Waals surface area contributed by atoms with Crippen molar-refractivity contribution in [3.63, 3.8) is 0 Å². The highest BCUT2D eigenvalue weighted by molar-refractivity contribution is 6.02. The molecule has 0 aliphatic rings. The molecule has 0 atom stereocenters. The summed E-state index contributed by atoms with van der Waals surface area (Å²) in [7, 11) is 5.57. The van der Waals surface area contributed by atoms with Gasteiger partial charge in [0.15, 0.2) is 0 Å². The third-order valence-electron chi connectivity index (χ3n) is 4.20. The molecule has 28 heavy (non-hydrogen) atoms. The van der Waals surface area contributed by atoms with Gasteiger partial charge in [-0.2, -0.15) is 0 Å². The molecule has 3 aromatic rings. The summed E-state index contributed by atoms with van der Waals surface area (Å²) >= 11 is 0. The first kappa shape index (κ1) is 19.4. The number of anilines is 2. The van der Waals surface area contributed by atoms with Crippen LogP contribution in [0.1, 0.15) is 0 Å². The van der Waals surface area contributed by atoms with E-state index in [0.29, 0.717) is 23.1 Å². The average molecular weight is 381 g/mol. The van der Waals surface area contributed by atoms with Crippen molar-refractivity contribution < 1.29 is 14.6 Å². The Labute approximate surface area is 163 Å². The molecule has 0 saturated carbocycles. The minimum absolute atomic E-state index is 0.472. The zero-order valence-electron chi connectivity index (χ0n) is 16.1. The lowest BCUT2D eigenvalue weighted by Gasteiger charge is -2.13. The summed E-state index contributed by atoms with van der Waals surface area (Å²) in [5.74, 6) is 1.19. The molecule has 0 aliphatic carbocycles. The molecule has 1 amide bonds. The fraction of sp³-hybridized carbons (Fsp3) is 0.250. The third kappa shape index (κ3) is 4.66. The van der Waals surface area contributed by atoms with E-state index < -0.39 is 6.09 Å². The number of hydrogen-bond acceptors (Lipinski definition) is 6. The normalized spacial score (nSPS) is 10.9. The van der Waals surface area contributed by atoms with Crippen molar-refractivity contribution in [3.05, 3.63) is 42.6 Å². The van der Waals surface area contributed by atoms with Crippen molar-refractivity contribution in [1.29, 1.82) is 0 Å². The van der Waals surface area contributed by atoms with Crippen LogP contribution in [0.25, 0.3) is 22.0 Å². The topological polar surface area (TPSA) is 99.6 Å². The van der Waals surface area contributed by atoms with Crippen molar-refractivity contribution in [2.45, 2.75) is 0 Å². The largest absolute Gasteiger partial charge is 0.497 e. The Balaban J connectivity index is 1.99. The standard InChI is InChI=1S/C20H23N5O3/c1-25(2)9-8-22-19-21-7-6-17(23-19)14-10-13-4-5-15(28-3)12-16(13)18(11-14)24-20(26)27/h4-7,10-12,24H,8-9H2,1-3H3,(H,26,27)(H,21,22,23). The highest BCUT2D eigenvalue weighted by Crippen LogP contribution is 2.33. The summed E-state index contributed by atoms with van der Waals surface area (Å²) in [6.45, 7) is 1.58. The van der Waals surface area contributed by atoms with Gasteiger partial charge in [0.05, 0.1) is 18.5 Å². The Hall–Kier alpha value is -3.39. The summed E-state index contributed by atoms with van der Waals surface area (Å²) in [6, 6.07) is 11.1. The molecular weight excluding hydrogens is 358 g/mol. The molecule has 146 valence electrons. The van der Waals surface area contributed by atoms with E-state index in [-0.39, 0.29) is 0 Å². The zero-order chi connectivity index (χ0) is 20.1. The number of fused-ring (bicyclic) bond motifs is 1. The Kier molecular flexibility index (Phi) is 5.90. The van der Waals surface area contributed by atoms with E-state index in [1.165, 1.54) is 0 Å². The SMILES string of the molecule is COc1ccc2cc(-c3ccnc(NCCN(C)C)n3)cc(NC(=O)O)c2c1. The number of nitrogens with one attached hydrogen (secondary N) is 2. The molecule has 0 saturated heterocycles. The Bertz CT molecular complexity index is 991. The molecule has 8 heteroatoms. The molecule has 0 fully saturated rings. The van der Waals surface area contributed by atoms with Crippen LogP contribution in [0.3, 0.4) is 0 Å². The van der Waals surface area contributed by atoms with Crippen LogP contribution in [-0.4, -0.2) is 60.4 Å². The van der Waals surface area contributed by atoms with Crippen LogP contribution in [0.2, 0.25) is 0 Å². The number of methoxy groups -OCH3 is 1. The van der Waals surface area contributed by atoms with E-state index in [1.54, 1.807) is 31.5 Å². The highest BCUT2D eigenvalue weighted by Gasteiger charge is 2.11.